The van der Waals surface area contributed by atoms with Gasteiger partial charge in [-0.2, -0.15) is 0 Å². The molecule has 0 aromatic heterocycles. The van der Waals surface area contributed by atoms with E-state index < -0.39 is 0 Å². The Balaban J connectivity index is 1.76. The van der Waals surface area contributed by atoms with Crippen LogP contribution in [0.2, 0.25) is 0 Å². The van der Waals surface area contributed by atoms with E-state index in [-0.39, 0.29) is 11.8 Å². The van der Waals surface area contributed by atoms with Crippen molar-refractivity contribution in [3.63, 3.8) is 0 Å². The minimum absolute atomic E-state index is 0.253. The van der Waals surface area contributed by atoms with Gasteiger partial charge in [0, 0.05) is 13.0 Å². The summed E-state index contributed by atoms with van der Waals surface area (Å²) in [5.41, 5.74) is 1.13. The third-order valence-electron chi connectivity index (χ3n) is 3.86. The second kappa shape index (κ2) is 6.60. The molecule has 0 bridgehead atoms. The predicted octanol–water partition coefficient (Wildman–Crippen LogP) is 3.02. The van der Waals surface area contributed by atoms with Gasteiger partial charge < -0.3 is 9.64 Å². The molecule has 0 spiro atoms. The quantitative estimate of drug-likeness (QED) is 0.815. The lowest BCUT2D eigenvalue weighted by molar-refractivity contribution is -0.134. The summed E-state index contributed by atoms with van der Waals surface area (Å²) in [5, 5.41) is 0. The molecule has 19 heavy (non-hydrogen) atoms. The molecule has 1 amide bonds. The van der Waals surface area contributed by atoms with Crippen molar-refractivity contribution in [3.05, 3.63) is 29.8 Å². The SMILES string of the molecule is Cc1ccccc1OCCN(C)C(=O)C1CCCC1. The van der Waals surface area contributed by atoms with Crippen LogP contribution in [-0.4, -0.2) is 31.0 Å². The highest BCUT2D eigenvalue weighted by molar-refractivity contribution is 5.78. The summed E-state index contributed by atoms with van der Waals surface area (Å²) in [5.74, 6) is 1.44. The lowest BCUT2D eigenvalue weighted by Crippen LogP contribution is -2.34. The molecule has 104 valence electrons. The van der Waals surface area contributed by atoms with Gasteiger partial charge in [-0.15, -0.1) is 0 Å². The topological polar surface area (TPSA) is 29.5 Å². The second-order valence-electron chi connectivity index (χ2n) is 5.36. The minimum atomic E-state index is 0.253. The molecule has 0 saturated heterocycles. The number of likely N-dealkylation sites (N-methyl/N-ethyl adjacent to an activating group) is 1. The Bertz CT molecular complexity index is 425. The maximum absolute atomic E-state index is 12.1. The van der Waals surface area contributed by atoms with Crippen LogP contribution < -0.4 is 4.74 Å². The molecule has 0 unspecified atom stereocenters. The van der Waals surface area contributed by atoms with Gasteiger partial charge in [-0.05, 0) is 31.4 Å². The number of ether oxygens (including phenoxy) is 1. The third-order valence-corrected chi connectivity index (χ3v) is 3.86. The fourth-order valence-electron chi connectivity index (χ4n) is 2.61. The summed E-state index contributed by atoms with van der Waals surface area (Å²) in [6.45, 7) is 3.24. The van der Waals surface area contributed by atoms with E-state index in [4.69, 9.17) is 4.74 Å². The Labute approximate surface area is 115 Å². The van der Waals surface area contributed by atoms with Gasteiger partial charge in [0.2, 0.25) is 5.91 Å². The number of carbonyl (C=O) groups is 1. The highest BCUT2D eigenvalue weighted by Gasteiger charge is 2.25. The van der Waals surface area contributed by atoms with Crippen molar-refractivity contribution in [1.29, 1.82) is 0 Å². The summed E-state index contributed by atoms with van der Waals surface area (Å²) in [6, 6.07) is 7.96. The van der Waals surface area contributed by atoms with Gasteiger partial charge in [0.05, 0.1) is 6.54 Å². The molecule has 0 atom stereocenters. The number of aryl methyl sites for hydroxylation is 1. The molecule has 1 aliphatic rings. The van der Waals surface area contributed by atoms with E-state index in [1.807, 2.05) is 43.1 Å². The molecule has 3 nitrogen and oxygen atoms in total. The van der Waals surface area contributed by atoms with E-state index in [1.54, 1.807) is 0 Å². The van der Waals surface area contributed by atoms with Crippen LogP contribution >= 0.6 is 0 Å². The first-order valence-corrected chi connectivity index (χ1v) is 7.12. The first-order chi connectivity index (χ1) is 9.18. The van der Waals surface area contributed by atoms with Gasteiger partial charge in [0.1, 0.15) is 12.4 Å². The summed E-state index contributed by atoms with van der Waals surface area (Å²) >= 11 is 0. The van der Waals surface area contributed by atoms with Crippen molar-refractivity contribution in [2.24, 2.45) is 5.92 Å². The molecular formula is C16H23NO2. The first-order valence-electron chi connectivity index (χ1n) is 7.12. The van der Waals surface area contributed by atoms with Gasteiger partial charge >= 0.3 is 0 Å². The Kier molecular flexibility index (Phi) is 4.83. The molecule has 1 aromatic carbocycles. The molecule has 1 aliphatic carbocycles. The number of benzene rings is 1. The van der Waals surface area contributed by atoms with Crippen molar-refractivity contribution in [2.75, 3.05) is 20.2 Å². The minimum Gasteiger partial charge on any atom is -0.491 e. The van der Waals surface area contributed by atoms with Crippen molar-refractivity contribution in [1.82, 2.24) is 4.90 Å². The average Bonchev–Trinajstić information content (AvgIpc) is 2.94. The number of nitrogens with zero attached hydrogens (tertiary/aromatic N) is 1. The summed E-state index contributed by atoms with van der Waals surface area (Å²) in [7, 11) is 1.88. The van der Waals surface area contributed by atoms with E-state index in [0.717, 1.165) is 24.2 Å². The molecule has 1 fully saturated rings. The summed E-state index contributed by atoms with van der Waals surface area (Å²) < 4.78 is 5.73. The van der Waals surface area contributed by atoms with Gasteiger partial charge in [-0.1, -0.05) is 31.0 Å². The molecule has 0 aliphatic heterocycles. The predicted molar refractivity (Wildman–Crippen MR) is 76.3 cm³/mol. The number of amides is 1. The maximum atomic E-state index is 12.1. The van der Waals surface area contributed by atoms with Gasteiger partial charge in [0.15, 0.2) is 0 Å². The molecule has 3 heteroatoms. The number of rotatable bonds is 5. The molecule has 2 rings (SSSR count). The lowest BCUT2D eigenvalue weighted by atomic mass is 10.1. The average molecular weight is 261 g/mol. The Hall–Kier alpha value is -1.51. The highest BCUT2D eigenvalue weighted by atomic mass is 16.5. The monoisotopic (exact) mass is 261 g/mol. The van der Waals surface area contributed by atoms with Crippen LogP contribution in [0.4, 0.5) is 0 Å². The summed E-state index contributed by atoms with van der Waals surface area (Å²) in [4.78, 5) is 13.9. The smallest absolute Gasteiger partial charge is 0.225 e. The van der Waals surface area contributed by atoms with Crippen LogP contribution in [0.15, 0.2) is 24.3 Å². The molecule has 0 radical (unpaired) electrons. The second-order valence-corrected chi connectivity index (χ2v) is 5.36. The van der Waals surface area contributed by atoms with Gasteiger partial charge in [-0.3, -0.25) is 4.79 Å². The zero-order valence-electron chi connectivity index (χ0n) is 11.9. The van der Waals surface area contributed by atoms with Gasteiger partial charge in [-0.25, -0.2) is 0 Å². The first kappa shape index (κ1) is 13.9. The van der Waals surface area contributed by atoms with E-state index >= 15 is 0 Å². The molecule has 0 N–H and O–H groups in total. The third kappa shape index (κ3) is 3.72. The van der Waals surface area contributed by atoms with Crippen molar-refractivity contribution < 1.29 is 9.53 Å². The molecule has 0 heterocycles. The van der Waals surface area contributed by atoms with Crippen LogP contribution in [0, 0.1) is 12.8 Å². The maximum Gasteiger partial charge on any atom is 0.225 e. The van der Waals surface area contributed by atoms with Crippen LogP contribution in [-0.2, 0) is 4.79 Å². The van der Waals surface area contributed by atoms with Crippen LogP contribution in [0.25, 0.3) is 0 Å². The van der Waals surface area contributed by atoms with Crippen molar-refractivity contribution >= 4 is 5.91 Å². The fraction of sp³-hybridized carbons (Fsp3) is 0.562. The Morgan fingerprint density at radius 2 is 2.00 bits per heavy atom. The van der Waals surface area contributed by atoms with Crippen molar-refractivity contribution in [3.8, 4) is 5.75 Å². The van der Waals surface area contributed by atoms with Crippen LogP contribution in [0.5, 0.6) is 5.75 Å². The molecule has 1 saturated carbocycles. The number of hydrogen-bond acceptors (Lipinski definition) is 2. The van der Waals surface area contributed by atoms with Crippen LogP contribution in [0.1, 0.15) is 31.2 Å². The number of carbonyl (C=O) groups excluding carboxylic acids is 1. The Morgan fingerprint density at radius 3 is 2.68 bits per heavy atom. The zero-order valence-corrected chi connectivity index (χ0v) is 11.9. The summed E-state index contributed by atoms with van der Waals surface area (Å²) in [6.07, 6.45) is 4.51. The standard InChI is InChI=1S/C16H23NO2/c1-13-7-3-6-10-15(13)19-12-11-17(2)16(18)14-8-4-5-9-14/h3,6-7,10,14H,4-5,8-9,11-12H2,1-2H3. The lowest BCUT2D eigenvalue weighted by Gasteiger charge is -2.21. The molecule has 1 aromatic rings. The van der Waals surface area contributed by atoms with E-state index in [0.29, 0.717) is 13.2 Å². The fourth-order valence-corrected chi connectivity index (χ4v) is 2.61. The van der Waals surface area contributed by atoms with Crippen molar-refractivity contribution in [2.45, 2.75) is 32.6 Å². The zero-order chi connectivity index (χ0) is 13.7. The number of hydrogen-bond donors (Lipinski definition) is 0. The number of para-hydroxylation sites is 1. The van der Waals surface area contributed by atoms with Crippen LogP contribution in [0.3, 0.4) is 0 Å². The highest BCUT2D eigenvalue weighted by Crippen LogP contribution is 2.26. The largest absolute Gasteiger partial charge is 0.491 e. The normalized spacial score (nSPS) is 15.5. The van der Waals surface area contributed by atoms with E-state index in [1.165, 1.54) is 12.8 Å². The van der Waals surface area contributed by atoms with Gasteiger partial charge in [0.25, 0.3) is 0 Å². The van der Waals surface area contributed by atoms with E-state index in [9.17, 15) is 4.79 Å². The Morgan fingerprint density at radius 1 is 1.32 bits per heavy atom. The van der Waals surface area contributed by atoms with E-state index in [2.05, 4.69) is 0 Å². The molecular weight excluding hydrogens is 238 g/mol.